The first-order valence-electron chi connectivity index (χ1n) is 11.0. The minimum absolute atomic E-state index is 0.0332. The Bertz CT molecular complexity index is 1530. The molecule has 0 saturated heterocycles. The lowest BCUT2D eigenvalue weighted by Gasteiger charge is -2.23. The third kappa shape index (κ3) is 5.42. The van der Waals surface area contributed by atoms with Gasteiger partial charge in [0.05, 0.1) is 22.7 Å². The summed E-state index contributed by atoms with van der Waals surface area (Å²) in [4.78, 5) is 15.6. The molecule has 186 valence electrons. The van der Waals surface area contributed by atoms with Crippen LogP contribution in [0.1, 0.15) is 12.5 Å². The van der Waals surface area contributed by atoms with Crippen LogP contribution in [0.2, 0.25) is 0 Å². The predicted molar refractivity (Wildman–Crippen MR) is 141 cm³/mol. The quantitative estimate of drug-likeness (QED) is 0.257. The van der Waals surface area contributed by atoms with Crippen molar-refractivity contribution in [3.8, 4) is 11.6 Å². The van der Waals surface area contributed by atoms with Crippen molar-refractivity contribution in [1.82, 2.24) is 4.98 Å². The Hall–Kier alpha value is -3.70. The fourth-order valence-electron chi connectivity index (χ4n) is 3.52. The number of sulfonamides is 1. The van der Waals surface area contributed by atoms with Gasteiger partial charge in [-0.05, 0) is 68.4 Å². The summed E-state index contributed by atoms with van der Waals surface area (Å²) in [6.07, 6.45) is 0. The number of benzene rings is 3. The van der Waals surface area contributed by atoms with E-state index < -0.39 is 22.5 Å². The van der Waals surface area contributed by atoms with E-state index >= 15 is 0 Å². The van der Waals surface area contributed by atoms with E-state index in [0.717, 1.165) is 14.3 Å². The highest BCUT2D eigenvalue weighted by Crippen LogP contribution is 2.37. The number of anilines is 1. The van der Waals surface area contributed by atoms with E-state index in [4.69, 9.17) is 4.74 Å². The second-order valence-electron chi connectivity index (χ2n) is 7.86. The first kappa shape index (κ1) is 25.4. The van der Waals surface area contributed by atoms with Gasteiger partial charge in [0.2, 0.25) is 5.88 Å². The molecule has 0 spiro atoms. The summed E-state index contributed by atoms with van der Waals surface area (Å²) in [5, 5.41) is 18.4. The Balaban J connectivity index is 1.67. The number of aryl methyl sites for hydroxylation is 1. The number of fused-ring (bicyclic) bond motifs is 1. The number of halogens is 1. The lowest BCUT2D eigenvalue weighted by molar-refractivity contribution is -0.116. The molecule has 1 amide bonds. The number of azo groups is 1. The number of aromatic amines is 1. The maximum atomic E-state index is 13.5. The van der Waals surface area contributed by atoms with Crippen molar-refractivity contribution in [2.24, 2.45) is 10.2 Å². The second-order valence-corrected chi connectivity index (χ2v) is 10.6. The number of rotatable bonds is 8. The highest BCUT2D eigenvalue weighted by atomic mass is 79.9. The first-order chi connectivity index (χ1) is 17.2. The minimum atomic E-state index is -4.10. The molecular formula is C25H23BrN4O5S. The lowest BCUT2D eigenvalue weighted by Crippen LogP contribution is -2.35. The van der Waals surface area contributed by atoms with E-state index in [1.165, 1.54) is 12.1 Å². The molecule has 0 saturated carbocycles. The predicted octanol–water partition coefficient (Wildman–Crippen LogP) is 5.85. The lowest BCUT2D eigenvalue weighted by atomic mass is 10.2. The number of hydrogen-bond acceptors (Lipinski definition) is 6. The number of aromatic hydroxyl groups is 1. The van der Waals surface area contributed by atoms with Crippen LogP contribution in [0.3, 0.4) is 0 Å². The van der Waals surface area contributed by atoms with Gasteiger partial charge < -0.3 is 14.8 Å². The van der Waals surface area contributed by atoms with Crippen LogP contribution in [0.15, 0.2) is 86.3 Å². The molecule has 2 N–H and O–H groups in total. The van der Waals surface area contributed by atoms with Crippen molar-refractivity contribution in [3.63, 3.8) is 0 Å². The highest BCUT2D eigenvalue weighted by Gasteiger charge is 2.27. The van der Waals surface area contributed by atoms with E-state index in [1.807, 2.05) is 13.8 Å². The molecule has 0 radical (unpaired) electrons. The molecule has 11 heteroatoms. The largest absolute Gasteiger partial charge is 0.494 e. The van der Waals surface area contributed by atoms with E-state index in [1.54, 1.807) is 54.6 Å². The van der Waals surface area contributed by atoms with Gasteiger partial charge in [-0.25, -0.2) is 8.42 Å². The topological polar surface area (TPSA) is 124 Å². The third-order valence-corrected chi connectivity index (χ3v) is 7.58. The summed E-state index contributed by atoms with van der Waals surface area (Å²) in [7, 11) is -4.10. The van der Waals surface area contributed by atoms with Crippen LogP contribution in [-0.4, -0.2) is 37.6 Å². The minimum Gasteiger partial charge on any atom is -0.494 e. The van der Waals surface area contributed by atoms with Crippen LogP contribution < -0.4 is 9.04 Å². The van der Waals surface area contributed by atoms with Crippen molar-refractivity contribution in [1.29, 1.82) is 0 Å². The zero-order valence-electron chi connectivity index (χ0n) is 19.5. The number of carbonyl (C=O) groups is 1. The summed E-state index contributed by atoms with van der Waals surface area (Å²) in [6.45, 7) is 3.56. The van der Waals surface area contributed by atoms with E-state index in [2.05, 4.69) is 31.1 Å². The van der Waals surface area contributed by atoms with Crippen molar-refractivity contribution in [2.45, 2.75) is 18.7 Å². The maximum Gasteiger partial charge on any atom is 0.285 e. The monoisotopic (exact) mass is 570 g/mol. The molecule has 4 aromatic rings. The molecule has 0 aliphatic heterocycles. The van der Waals surface area contributed by atoms with Gasteiger partial charge in [-0.3, -0.25) is 9.10 Å². The fourth-order valence-corrected chi connectivity index (χ4v) is 5.30. The average Bonchev–Trinajstić information content (AvgIpc) is 3.16. The van der Waals surface area contributed by atoms with Gasteiger partial charge in [-0.1, -0.05) is 33.6 Å². The van der Waals surface area contributed by atoms with Crippen molar-refractivity contribution >= 4 is 54.1 Å². The average molecular weight is 571 g/mol. The molecule has 0 atom stereocenters. The summed E-state index contributed by atoms with van der Waals surface area (Å²) in [5.74, 6) is -0.500. The van der Waals surface area contributed by atoms with Crippen LogP contribution >= 0.6 is 15.9 Å². The number of hydrogen-bond donors (Lipinski definition) is 2. The number of H-pyrrole nitrogens is 1. The number of nitrogens with zero attached hydrogens (tertiary/aromatic N) is 3. The number of aromatic nitrogens is 1. The Morgan fingerprint density at radius 2 is 1.78 bits per heavy atom. The van der Waals surface area contributed by atoms with Crippen molar-refractivity contribution in [2.75, 3.05) is 17.5 Å². The van der Waals surface area contributed by atoms with Gasteiger partial charge >= 0.3 is 0 Å². The summed E-state index contributed by atoms with van der Waals surface area (Å²) >= 11 is 3.36. The number of carbonyl (C=O) groups excluding carboxylic acids is 1. The highest BCUT2D eigenvalue weighted by molar-refractivity contribution is 9.10. The summed E-state index contributed by atoms with van der Waals surface area (Å²) < 4.78 is 34.2. The van der Waals surface area contributed by atoms with Gasteiger partial charge in [-0.2, -0.15) is 0 Å². The van der Waals surface area contributed by atoms with E-state index in [-0.39, 0.29) is 22.2 Å². The normalized spacial score (nSPS) is 11.8. The first-order valence-corrected chi connectivity index (χ1v) is 13.2. The zero-order valence-corrected chi connectivity index (χ0v) is 21.9. The Morgan fingerprint density at radius 1 is 1.08 bits per heavy atom. The number of nitrogens with one attached hydrogen (secondary N) is 1. The molecule has 1 heterocycles. The van der Waals surface area contributed by atoms with E-state index in [0.29, 0.717) is 23.3 Å². The van der Waals surface area contributed by atoms with Crippen LogP contribution in [0.5, 0.6) is 11.6 Å². The number of ether oxygens (including phenoxy) is 1. The molecule has 0 bridgehead atoms. The molecule has 0 aliphatic carbocycles. The van der Waals surface area contributed by atoms with Gasteiger partial charge in [0.15, 0.2) is 5.69 Å². The third-order valence-electron chi connectivity index (χ3n) is 5.30. The number of amides is 1. The van der Waals surface area contributed by atoms with Gasteiger partial charge in [0, 0.05) is 9.86 Å². The Morgan fingerprint density at radius 3 is 2.44 bits per heavy atom. The molecule has 36 heavy (non-hydrogen) atoms. The van der Waals surface area contributed by atoms with Crippen LogP contribution in [0.25, 0.3) is 10.9 Å². The summed E-state index contributed by atoms with van der Waals surface area (Å²) in [6, 6.07) is 18.0. The fraction of sp³-hybridized carbons (Fsp3) is 0.160. The van der Waals surface area contributed by atoms with Gasteiger partial charge in [0.25, 0.3) is 15.9 Å². The van der Waals surface area contributed by atoms with Gasteiger partial charge in [0.1, 0.15) is 12.3 Å². The molecule has 1 aromatic heterocycles. The maximum absolute atomic E-state index is 13.5. The Kier molecular flexibility index (Phi) is 7.41. The summed E-state index contributed by atoms with van der Waals surface area (Å²) in [5.41, 5.74) is 1.85. The van der Waals surface area contributed by atoms with Crippen LogP contribution in [0, 0.1) is 6.92 Å². The molecule has 0 fully saturated rings. The van der Waals surface area contributed by atoms with Gasteiger partial charge in [-0.15, -0.1) is 10.2 Å². The van der Waals surface area contributed by atoms with Crippen LogP contribution in [0.4, 0.5) is 11.4 Å². The standard InChI is InChI=1S/C25H23BrN4O5S/c1-3-35-19-9-7-18(8-10-19)30(36(33,34)20-11-4-16(2)5-12-20)15-23(31)28-29-24-21-14-17(26)6-13-22(21)27-25(24)32/h4-14,27,32H,3,15H2,1-2H3. The SMILES string of the molecule is CCOc1ccc(N(CC(=O)N=Nc2c(O)[nH]c3ccc(Br)cc23)S(=O)(=O)c2ccc(C)cc2)cc1. The second kappa shape index (κ2) is 10.5. The smallest absolute Gasteiger partial charge is 0.285 e. The molecule has 3 aromatic carbocycles. The Labute approximate surface area is 216 Å². The molecule has 0 unspecified atom stereocenters. The molecule has 9 nitrogen and oxygen atoms in total. The zero-order chi connectivity index (χ0) is 25.9. The van der Waals surface area contributed by atoms with Crippen LogP contribution in [-0.2, 0) is 14.8 Å². The van der Waals surface area contributed by atoms with Crippen molar-refractivity contribution in [3.05, 3.63) is 76.8 Å². The molecular weight excluding hydrogens is 548 g/mol. The molecule has 0 aliphatic rings. The van der Waals surface area contributed by atoms with E-state index in [9.17, 15) is 18.3 Å². The van der Waals surface area contributed by atoms with Crippen molar-refractivity contribution < 1.29 is 23.1 Å². The molecule has 4 rings (SSSR count).